The molecule has 0 aromatic rings. The average Bonchev–Trinajstić information content (AvgIpc) is 3.85. The van der Waals surface area contributed by atoms with Crippen molar-refractivity contribution in [1.82, 2.24) is 0 Å². The monoisotopic (exact) mass is 1040 g/mol. The molecule has 2 spiro atoms. The van der Waals surface area contributed by atoms with Crippen molar-refractivity contribution in [1.29, 1.82) is 0 Å². The summed E-state index contributed by atoms with van der Waals surface area (Å²) < 4.78 is 62.9. The molecule has 10 aliphatic rings. The van der Waals surface area contributed by atoms with Crippen molar-refractivity contribution >= 4 is 0 Å². The topological polar surface area (TPSA) is 315 Å². The van der Waals surface area contributed by atoms with Gasteiger partial charge in [0.1, 0.15) is 79.4 Å². The summed E-state index contributed by atoms with van der Waals surface area (Å²) in [6.45, 7) is 15.9. The summed E-state index contributed by atoms with van der Waals surface area (Å²) in [7, 11) is 0. The predicted molar refractivity (Wildman–Crippen MR) is 250 cm³/mol. The van der Waals surface area contributed by atoms with Crippen LogP contribution in [0.4, 0.5) is 0 Å². The highest BCUT2D eigenvalue weighted by Crippen LogP contribution is 2.80. The molecule has 0 aromatic heterocycles. The molecular weight excluding hydrogens is 961 g/mol. The first-order valence-corrected chi connectivity index (χ1v) is 26.8. The van der Waals surface area contributed by atoms with E-state index in [-0.39, 0.29) is 46.7 Å². The predicted octanol–water partition coefficient (Wildman–Crippen LogP) is -0.542. The van der Waals surface area contributed by atoms with Crippen LogP contribution in [0.3, 0.4) is 0 Å². The molecule has 0 amide bonds. The van der Waals surface area contributed by atoms with E-state index < -0.39 is 147 Å². The Hall–Kier alpha value is -1.10. The van der Waals surface area contributed by atoms with Gasteiger partial charge in [0, 0.05) is 24.2 Å². The van der Waals surface area contributed by atoms with Crippen LogP contribution in [0.2, 0.25) is 0 Å². The molecule has 6 heterocycles. The van der Waals surface area contributed by atoms with Crippen molar-refractivity contribution in [3.63, 3.8) is 0 Å². The molecule has 10 rings (SSSR count). The van der Waals surface area contributed by atoms with E-state index in [2.05, 4.69) is 47.6 Å². The largest absolute Gasteiger partial charge is 0.394 e. The molecule has 6 saturated heterocycles. The van der Waals surface area contributed by atoms with Crippen LogP contribution in [0.1, 0.15) is 107 Å². The molecule has 21 nitrogen and oxygen atoms in total. The van der Waals surface area contributed by atoms with Crippen LogP contribution in [-0.2, 0) is 47.4 Å². The summed E-state index contributed by atoms with van der Waals surface area (Å²) >= 11 is 0. The van der Waals surface area contributed by atoms with Gasteiger partial charge in [0.15, 0.2) is 30.9 Å². The van der Waals surface area contributed by atoms with Crippen molar-refractivity contribution in [2.45, 2.75) is 241 Å². The van der Waals surface area contributed by atoms with Crippen molar-refractivity contribution in [2.75, 3.05) is 26.4 Å². The number of aliphatic hydroxyl groups is 11. The molecule has 11 N–H and O–H groups in total. The standard InChI is InChI=1S/C52H84O21/c1-22(2)15-24-16-50(8,63)42-25-9-10-30-48(6)13-12-31(47(4,5)29(48)11-14-49(30,7)51(25)20-52(42,73-24)66-21-51)69-46-41(72-44-37(61)35(59)32(56)23(3)67-44)39(27(55)19-65-46)70-45-38(62)40(34(58)28(17-53)68-45)71-43-36(60)33(57)26(54)18-64-43/h15,23-46,53-63H,9-14,16-21H2,1-8H3. The maximum Gasteiger partial charge on any atom is 0.187 e. The van der Waals surface area contributed by atoms with Crippen LogP contribution < -0.4 is 0 Å². The van der Waals surface area contributed by atoms with E-state index in [1.54, 1.807) is 0 Å². The molecule has 6 aliphatic heterocycles. The van der Waals surface area contributed by atoms with E-state index in [1.165, 1.54) is 6.92 Å². The van der Waals surface area contributed by atoms with Gasteiger partial charge in [0.2, 0.25) is 0 Å². The molecular formula is C52H84O21. The second kappa shape index (κ2) is 19.6. The summed E-state index contributed by atoms with van der Waals surface area (Å²) in [5.74, 6) is -0.211. The number of aliphatic hydroxyl groups excluding tert-OH is 10. The first-order valence-electron chi connectivity index (χ1n) is 26.8. The van der Waals surface area contributed by atoms with Gasteiger partial charge in [-0.1, -0.05) is 39.3 Å². The van der Waals surface area contributed by atoms with Gasteiger partial charge in [0.05, 0.1) is 50.3 Å². The zero-order valence-electron chi connectivity index (χ0n) is 43.4. The van der Waals surface area contributed by atoms with Gasteiger partial charge in [-0.25, -0.2) is 0 Å². The quantitative estimate of drug-likeness (QED) is 0.0967. The Labute approximate surface area is 426 Å². The molecule has 21 heteroatoms. The highest BCUT2D eigenvalue weighted by Gasteiger charge is 2.81. The summed E-state index contributed by atoms with van der Waals surface area (Å²) in [5, 5.41) is 121. The Morgan fingerprint density at radius 3 is 2.01 bits per heavy atom. The minimum atomic E-state index is -1.91. The van der Waals surface area contributed by atoms with Crippen LogP contribution in [0.25, 0.3) is 0 Å². The van der Waals surface area contributed by atoms with E-state index in [4.69, 9.17) is 47.4 Å². The number of rotatable bonds is 10. The van der Waals surface area contributed by atoms with Crippen molar-refractivity contribution in [3.05, 3.63) is 11.6 Å². The summed E-state index contributed by atoms with van der Waals surface area (Å²) in [6.07, 6.45) is -20.6. The summed E-state index contributed by atoms with van der Waals surface area (Å²) in [5.41, 5.74) is -0.692. The van der Waals surface area contributed by atoms with Crippen molar-refractivity contribution < 1.29 is 104 Å². The van der Waals surface area contributed by atoms with Gasteiger partial charge in [-0.15, -0.1) is 0 Å². The third-order valence-electron chi connectivity index (χ3n) is 20.4. The molecule has 2 bridgehead atoms. The molecule has 10 fully saturated rings. The Balaban J connectivity index is 0.904. The Morgan fingerprint density at radius 1 is 0.644 bits per heavy atom. The zero-order chi connectivity index (χ0) is 52.7. The SMILES string of the molecule is CC(C)=CC1CC(C)(O)C2C3CCC4C5(C)CCC(OC6OCC(O)C(OC7OC(CO)C(O)C(OC8OCC(O)C(O)C8O)C7O)C6OC6OC(C)C(O)C(O)C6O)C(C)(C)C5CCC4(C)C34COC2(C4)O1. The fourth-order valence-electron chi connectivity index (χ4n) is 17.0. The number of allylic oxidation sites excluding steroid dienone is 1. The lowest BCUT2D eigenvalue weighted by molar-refractivity contribution is -0.394. The van der Waals surface area contributed by atoms with Crippen molar-refractivity contribution in [2.24, 2.45) is 45.3 Å². The first-order chi connectivity index (χ1) is 34.2. The Morgan fingerprint density at radius 2 is 1.30 bits per heavy atom. The van der Waals surface area contributed by atoms with Crippen LogP contribution in [0, 0.1) is 45.3 Å². The van der Waals surface area contributed by atoms with Gasteiger partial charge in [-0.3, -0.25) is 0 Å². The maximum atomic E-state index is 12.3. The Kier molecular flexibility index (Phi) is 14.8. The fourth-order valence-corrected chi connectivity index (χ4v) is 17.0. The van der Waals surface area contributed by atoms with Crippen molar-refractivity contribution in [3.8, 4) is 0 Å². The van der Waals surface area contributed by atoms with Gasteiger partial charge in [-0.05, 0) is 100 Å². The highest BCUT2D eigenvalue weighted by atomic mass is 16.8. The van der Waals surface area contributed by atoms with E-state index in [1.807, 2.05) is 6.92 Å². The zero-order valence-corrected chi connectivity index (χ0v) is 43.4. The van der Waals surface area contributed by atoms with E-state index >= 15 is 0 Å². The van der Waals surface area contributed by atoms with E-state index in [0.717, 1.165) is 44.1 Å². The minimum absolute atomic E-state index is 0.104. The average molecular weight is 1050 g/mol. The smallest absolute Gasteiger partial charge is 0.187 e. The minimum Gasteiger partial charge on any atom is -0.394 e. The maximum absolute atomic E-state index is 12.3. The lowest BCUT2D eigenvalue weighted by Gasteiger charge is -2.70. The molecule has 29 atom stereocenters. The number of hydrogen-bond acceptors (Lipinski definition) is 21. The van der Waals surface area contributed by atoms with E-state index in [0.29, 0.717) is 25.4 Å². The first kappa shape index (κ1) is 55.2. The molecule has 0 radical (unpaired) electrons. The summed E-state index contributed by atoms with van der Waals surface area (Å²) in [6, 6.07) is 0. The van der Waals surface area contributed by atoms with Crippen LogP contribution in [0.15, 0.2) is 11.6 Å². The van der Waals surface area contributed by atoms with Gasteiger partial charge < -0.3 is 104 Å². The van der Waals surface area contributed by atoms with E-state index in [9.17, 15) is 56.2 Å². The number of hydrogen-bond donors (Lipinski definition) is 11. The van der Waals surface area contributed by atoms with Gasteiger partial charge >= 0.3 is 0 Å². The molecule has 418 valence electrons. The number of ether oxygens (including phenoxy) is 10. The Bertz CT molecular complexity index is 2010. The number of fused-ring (bicyclic) bond motifs is 4. The normalized spacial score (nSPS) is 57.5. The lowest BCUT2D eigenvalue weighted by atomic mass is 9.35. The fraction of sp³-hybridized carbons (Fsp3) is 0.962. The second-order valence-corrected chi connectivity index (χ2v) is 25.3. The van der Waals surface area contributed by atoms with Gasteiger partial charge in [0.25, 0.3) is 0 Å². The third-order valence-corrected chi connectivity index (χ3v) is 20.4. The molecule has 4 aliphatic carbocycles. The molecule has 0 aromatic carbocycles. The summed E-state index contributed by atoms with van der Waals surface area (Å²) in [4.78, 5) is 0. The third kappa shape index (κ3) is 8.77. The second-order valence-electron chi connectivity index (χ2n) is 25.3. The van der Waals surface area contributed by atoms with Crippen LogP contribution >= 0.6 is 0 Å². The molecule has 73 heavy (non-hydrogen) atoms. The molecule has 29 unspecified atom stereocenters. The molecule has 4 saturated carbocycles. The van der Waals surface area contributed by atoms with Gasteiger partial charge in [-0.2, -0.15) is 0 Å². The van der Waals surface area contributed by atoms with Crippen LogP contribution in [0.5, 0.6) is 0 Å². The lowest BCUT2D eigenvalue weighted by Crippen LogP contribution is -2.68. The van der Waals surface area contributed by atoms with Crippen LogP contribution in [-0.4, -0.2) is 217 Å². The highest BCUT2D eigenvalue weighted by molar-refractivity contribution is 5.27.